The average molecular weight is 319 g/mol. The molecule has 0 radical (unpaired) electrons. The Hall–Kier alpha value is -2.15. The van der Waals surface area contributed by atoms with Gasteiger partial charge in [-0.1, -0.05) is 32.0 Å². The van der Waals surface area contributed by atoms with E-state index in [0.29, 0.717) is 17.1 Å². The molecular formula is C15H17N3O3S. The largest absolute Gasteiger partial charge is 0.310 e. The van der Waals surface area contributed by atoms with Crippen molar-refractivity contribution in [3.05, 3.63) is 41.6 Å². The highest BCUT2D eigenvalue weighted by Gasteiger charge is 2.33. The van der Waals surface area contributed by atoms with Gasteiger partial charge in [0, 0.05) is 11.5 Å². The third-order valence-corrected chi connectivity index (χ3v) is 5.00. The number of anilines is 1. The Morgan fingerprint density at radius 2 is 1.91 bits per heavy atom. The molecule has 1 aliphatic heterocycles. The van der Waals surface area contributed by atoms with Crippen LogP contribution in [0.25, 0.3) is 5.69 Å². The van der Waals surface area contributed by atoms with Gasteiger partial charge in [-0.15, -0.1) is 0 Å². The Balaban J connectivity index is 2.10. The zero-order valence-corrected chi connectivity index (χ0v) is 13.2. The summed E-state index contributed by atoms with van der Waals surface area (Å²) in [5.74, 6) is -0.0618. The number of benzene rings is 1. The molecule has 0 saturated carbocycles. The third kappa shape index (κ3) is 2.64. The number of amides is 1. The van der Waals surface area contributed by atoms with Crippen LogP contribution >= 0.6 is 0 Å². The summed E-state index contributed by atoms with van der Waals surface area (Å²) in [5, 5.41) is 7.22. The molecule has 0 spiro atoms. The molecule has 1 N–H and O–H groups in total. The molecule has 2 aromatic rings. The van der Waals surface area contributed by atoms with E-state index in [1.165, 1.54) is 0 Å². The predicted octanol–water partition coefficient (Wildman–Crippen LogP) is 1.90. The van der Waals surface area contributed by atoms with Gasteiger partial charge in [-0.2, -0.15) is 5.10 Å². The van der Waals surface area contributed by atoms with Gasteiger partial charge in [0.2, 0.25) is 5.91 Å². The van der Waals surface area contributed by atoms with Crippen LogP contribution in [0, 0.1) is 5.92 Å². The number of hydrogen-bond donors (Lipinski definition) is 1. The van der Waals surface area contributed by atoms with Crippen molar-refractivity contribution in [3.63, 3.8) is 0 Å². The lowest BCUT2D eigenvalue weighted by molar-refractivity contribution is -0.118. The summed E-state index contributed by atoms with van der Waals surface area (Å²) in [7, 11) is -3.17. The van der Waals surface area contributed by atoms with E-state index in [2.05, 4.69) is 10.4 Å². The van der Waals surface area contributed by atoms with Gasteiger partial charge in [0.1, 0.15) is 5.82 Å². The van der Waals surface area contributed by atoms with Crippen LogP contribution in [-0.4, -0.2) is 24.1 Å². The lowest BCUT2D eigenvalue weighted by Gasteiger charge is -2.12. The van der Waals surface area contributed by atoms with E-state index in [1.807, 2.05) is 30.3 Å². The van der Waals surface area contributed by atoms with Crippen LogP contribution in [0.1, 0.15) is 25.1 Å². The molecule has 0 unspecified atom stereocenters. The minimum atomic E-state index is -3.17. The minimum absolute atomic E-state index is 0.0767. The molecular weight excluding hydrogens is 302 g/mol. The van der Waals surface area contributed by atoms with E-state index in [4.69, 9.17) is 0 Å². The standard InChI is InChI=1S/C15H17N3O3S/c1-10(2)15(19)16-14-12-8-22(20,21)9-13(12)17-18(14)11-6-4-3-5-7-11/h3-7,10H,8-9H2,1-2H3,(H,16,19). The van der Waals surface area contributed by atoms with Crippen LogP contribution in [0.2, 0.25) is 0 Å². The van der Waals surface area contributed by atoms with Crippen molar-refractivity contribution in [2.45, 2.75) is 25.4 Å². The molecule has 3 rings (SSSR count). The number of fused-ring (bicyclic) bond motifs is 1. The lowest BCUT2D eigenvalue weighted by atomic mass is 10.2. The number of nitrogens with zero attached hydrogens (tertiary/aromatic N) is 2. The lowest BCUT2D eigenvalue weighted by Crippen LogP contribution is -2.21. The summed E-state index contributed by atoms with van der Waals surface area (Å²) < 4.78 is 25.2. The first-order valence-electron chi connectivity index (χ1n) is 7.05. The van der Waals surface area contributed by atoms with E-state index >= 15 is 0 Å². The van der Waals surface area contributed by atoms with E-state index in [-0.39, 0.29) is 23.3 Å². The SMILES string of the molecule is CC(C)C(=O)Nc1c2c(nn1-c1ccccc1)CS(=O)(=O)C2. The van der Waals surface area contributed by atoms with Crippen molar-refractivity contribution >= 4 is 21.6 Å². The fourth-order valence-corrected chi connectivity index (χ4v) is 3.88. The maximum absolute atomic E-state index is 12.1. The molecule has 1 aliphatic rings. The normalized spacial score (nSPS) is 15.8. The fraction of sp³-hybridized carbons (Fsp3) is 0.333. The first-order chi connectivity index (χ1) is 10.4. The van der Waals surface area contributed by atoms with Gasteiger partial charge < -0.3 is 5.32 Å². The predicted molar refractivity (Wildman–Crippen MR) is 83.4 cm³/mol. The molecule has 0 fully saturated rings. The van der Waals surface area contributed by atoms with Gasteiger partial charge in [-0.3, -0.25) is 4.79 Å². The maximum atomic E-state index is 12.1. The van der Waals surface area contributed by atoms with Gasteiger partial charge in [0.15, 0.2) is 9.84 Å². The van der Waals surface area contributed by atoms with Crippen LogP contribution in [0.15, 0.2) is 30.3 Å². The molecule has 1 aromatic carbocycles. The van der Waals surface area contributed by atoms with Crippen LogP contribution < -0.4 is 5.32 Å². The zero-order chi connectivity index (χ0) is 15.9. The summed E-state index contributed by atoms with van der Waals surface area (Å²) in [6.45, 7) is 3.57. The molecule has 2 heterocycles. The van der Waals surface area contributed by atoms with Crippen LogP contribution in [-0.2, 0) is 26.1 Å². The van der Waals surface area contributed by atoms with Gasteiger partial charge >= 0.3 is 0 Å². The molecule has 6 nitrogen and oxygen atoms in total. The van der Waals surface area contributed by atoms with Crippen molar-refractivity contribution < 1.29 is 13.2 Å². The molecule has 0 bridgehead atoms. The summed E-state index contributed by atoms with van der Waals surface area (Å²) in [6, 6.07) is 9.35. The molecule has 7 heteroatoms. The molecule has 1 aromatic heterocycles. The average Bonchev–Trinajstić information content (AvgIpc) is 2.93. The van der Waals surface area contributed by atoms with E-state index < -0.39 is 9.84 Å². The molecule has 0 saturated heterocycles. The van der Waals surface area contributed by atoms with Crippen LogP contribution in [0.4, 0.5) is 5.82 Å². The number of rotatable bonds is 3. The topological polar surface area (TPSA) is 81.1 Å². The number of carbonyl (C=O) groups is 1. The number of aromatic nitrogens is 2. The quantitative estimate of drug-likeness (QED) is 0.937. The highest BCUT2D eigenvalue weighted by molar-refractivity contribution is 7.90. The number of para-hydroxylation sites is 1. The fourth-order valence-electron chi connectivity index (χ4n) is 2.39. The zero-order valence-electron chi connectivity index (χ0n) is 12.4. The smallest absolute Gasteiger partial charge is 0.228 e. The third-order valence-electron chi connectivity index (χ3n) is 3.55. The number of nitrogens with one attached hydrogen (secondary N) is 1. The maximum Gasteiger partial charge on any atom is 0.228 e. The molecule has 1 amide bonds. The second-order valence-electron chi connectivity index (χ2n) is 5.70. The van der Waals surface area contributed by atoms with E-state index in [1.54, 1.807) is 18.5 Å². The van der Waals surface area contributed by atoms with Crippen LogP contribution in [0.3, 0.4) is 0 Å². The Bertz CT molecular complexity index is 823. The van der Waals surface area contributed by atoms with Crippen molar-refractivity contribution in [3.8, 4) is 5.69 Å². The first kappa shape index (κ1) is 14.8. The Morgan fingerprint density at radius 1 is 1.23 bits per heavy atom. The Morgan fingerprint density at radius 3 is 2.55 bits per heavy atom. The monoisotopic (exact) mass is 319 g/mol. The summed E-state index contributed by atoms with van der Waals surface area (Å²) in [5.41, 5.74) is 1.90. The molecule has 22 heavy (non-hydrogen) atoms. The second-order valence-corrected chi connectivity index (χ2v) is 7.76. The Labute approximate surface area is 129 Å². The van der Waals surface area contributed by atoms with Gasteiger partial charge in [0.05, 0.1) is 22.9 Å². The number of hydrogen-bond acceptors (Lipinski definition) is 4. The summed E-state index contributed by atoms with van der Waals surface area (Å²) >= 11 is 0. The minimum Gasteiger partial charge on any atom is -0.310 e. The van der Waals surface area contributed by atoms with Crippen molar-refractivity contribution in [2.24, 2.45) is 5.92 Å². The number of carbonyl (C=O) groups excluding carboxylic acids is 1. The van der Waals surface area contributed by atoms with Crippen molar-refractivity contribution in [2.75, 3.05) is 5.32 Å². The van der Waals surface area contributed by atoms with Crippen LogP contribution in [0.5, 0.6) is 0 Å². The number of sulfone groups is 1. The van der Waals surface area contributed by atoms with E-state index in [9.17, 15) is 13.2 Å². The highest BCUT2D eigenvalue weighted by atomic mass is 32.2. The second kappa shape index (κ2) is 5.24. The van der Waals surface area contributed by atoms with Crippen molar-refractivity contribution in [1.82, 2.24) is 9.78 Å². The van der Waals surface area contributed by atoms with Gasteiger partial charge in [-0.25, -0.2) is 13.1 Å². The van der Waals surface area contributed by atoms with E-state index in [0.717, 1.165) is 5.69 Å². The van der Waals surface area contributed by atoms with Crippen molar-refractivity contribution in [1.29, 1.82) is 0 Å². The summed E-state index contributed by atoms with van der Waals surface area (Å²) in [4.78, 5) is 12.1. The molecule has 0 aliphatic carbocycles. The summed E-state index contributed by atoms with van der Waals surface area (Å²) in [6.07, 6.45) is 0. The highest BCUT2D eigenvalue weighted by Crippen LogP contribution is 2.33. The first-order valence-corrected chi connectivity index (χ1v) is 8.87. The Kier molecular flexibility index (Phi) is 3.52. The van der Waals surface area contributed by atoms with Gasteiger partial charge in [-0.05, 0) is 12.1 Å². The van der Waals surface area contributed by atoms with Gasteiger partial charge in [0.25, 0.3) is 0 Å². The molecule has 116 valence electrons. The molecule has 0 atom stereocenters.